The zero-order valence-corrected chi connectivity index (χ0v) is 8.87. The Bertz CT molecular complexity index is 216. The highest BCUT2D eigenvalue weighted by atomic mass is 32.2. The largest absolute Gasteiger partial charge is 0.394 e. The summed E-state index contributed by atoms with van der Waals surface area (Å²) in [5, 5.41) is 8.46. The van der Waals surface area contributed by atoms with Crippen molar-refractivity contribution in [1.29, 1.82) is 0 Å². The first-order valence-electron chi connectivity index (χ1n) is 4.25. The Morgan fingerprint density at radius 2 is 2.07 bits per heavy atom. The maximum Gasteiger partial charge on any atom is 0.267 e. The lowest BCUT2D eigenvalue weighted by atomic mass is 10.4. The van der Waals surface area contributed by atoms with E-state index in [0.29, 0.717) is 6.61 Å². The summed E-state index contributed by atoms with van der Waals surface area (Å²) in [6, 6.07) is 0. The summed E-state index contributed by atoms with van der Waals surface area (Å²) in [5.74, 6) is -0.521. The van der Waals surface area contributed by atoms with Crippen molar-refractivity contribution in [2.24, 2.45) is 0 Å². The van der Waals surface area contributed by atoms with Crippen LogP contribution in [0.5, 0.6) is 0 Å². The van der Waals surface area contributed by atoms with Crippen LogP contribution in [0.2, 0.25) is 0 Å². The van der Waals surface area contributed by atoms with Gasteiger partial charge in [-0.15, -0.1) is 0 Å². The molecule has 1 unspecified atom stereocenters. The summed E-state index contributed by atoms with van der Waals surface area (Å²) < 4.78 is 39.5. The highest BCUT2D eigenvalue weighted by Crippen LogP contribution is 1.98. The molecule has 14 heavy (non-hydrogen) atoms. The van der Waals surface area contributed by atoms with Gasteiger partial charge in [0.05, 0.1) is 25.9 Å². The molecule has 1 atom stereocenters. The molecule has 0 heterocycles. The van der Waals surface area contributed by atoms with Gasteiger partial charge in [-0.3, -0.25) is 4.55 Å². The molecule has 6 nitrogen and oxygen atoms in total. The standard InChI is InChI=1S/C7H16O6S/c1-2-12-5-7(13-4-3-8)6-14(9,10)11/h7-8H,2-6H2,1H3,(H,9,10,11). The van der Waals surface area contributed by atoms with E-state index in [1.807, 2.05) is 0 Å². The van der Waals surface area contributed by atoms with Gasteiger partial charge in [0.15, 0.2) is 0 Å². The molecule has 0 aromatic carbocycles. The van der Waals surface area contributed by atoms with Gasteiger partial charge in [0.2, 0.25) is 0 Å². The van der Waals surface area contributed by atoms with Gasteiger partial charge in [-0.2, -0.15) is 8.42 Å². The molecule has 0 aliphatic rings. The lowest BCUT2D eigenvalue weighted by molar-refractivity contribution is -0.0144. The van der Waals surface area contributed by atoms with Gasteiger partial charge in [-0.25, -0.2) is 0 Å². The van der Waals surface area contributed by atoms with Crippen molar-refractivity contribution in [3.63, 3.8) is 0 Å². The topological polar surface area (TPSA) is 93.1 Å². The van der Waals surface area contributed by atoms with Crippen molar-refractivity contribution in [1.82, 2.24) is 0 Å². The van der Waals surface area contributed by atoms with Crippen molar-refractivity contribution in [2.75, 3.05) is 32.2 Å². The Hall–Kier alpha value is -0.210. The van der Waals surface area contributed by atoms with E-state index in [9.17, 15) is 8.42 Å². The predicted molar refractivity (Wildman–Crippen MR) is 49.7 cm³/mol. The molecule has 0 bridgehead atoms. The van der Waals surface area contributed by atoms with Crippen LogP contribution in [-0.2, 0) is 19.6 Å². The summed E-state index contributed by atoms with van der Waals surface area (Å²) in [7, 11) is -4.07. The molecule has 0 aliphatic carbocycles. The number of rotatable bonds is 8. The van der Waals surface area contributed by atoms with E-state index in [2.05, 4.69) is 0 Å². The molecule has 0 aliphatic heterocycles. The molecule has 0 radical (unpaired) electrons. The molecule has 0 saturated carbocycles. The summed E-state index contributed by atoms with van der Waals surface area (Å²) in [4.78, 5) is 0. The molecule has 0 saturated heterocycles. The van der Waals surface area contributed by atoms with Crippen LogP contribution in [-0.4, -0.2) is 56.4 Å². The van der Waals surface area contributed by atoms with Crippen molar-refractivity contribution >= 4 is 10.1 Å². The summed E-state index contributed by atoms with van der Waals surface area (Å²) >= 11 is 0. The third-order valence-corrected chi connectivity index (χ3v) is 2.14. The number of hydrogen-bond donors (Lipinski definition) is 2. The van der Waals surface area contributed by atoms with Gasteiger partial charge in [-0.05, 0) is 6.92 Å². The minimum Gasteiger partial charge on any atom is -0.394 e. The zero-order chi connectivity index (χ0) is 11.0. The van der Waals surface area contributed by atoms with Crippen LogP contribution in [0, 0.1) is 0 Å². The Morgan fingerprint density at radius 3 is 2.50 bits per heavy atom. The number of ether oxygens (including phenoxy) is 2. The second-order valence-electron chi connectivity index (χ2n) is 2.62. The molecule has 0 aromatic rings. The summed E-state index contributed by atoms with van der Waals surface area (Å²) in [5.41, 5.74) is 0. The monoisotopic (exact) mass is 228 g/mol. The molecule has 0 aromatic heterocycles. The highest BCUT2D eigenvalue weighted by Gasteiger charge is 2.17. The normalized spacial score (nSPS) is 14.2. The predicted octanol–water partition coefficient (Wildman–Crippen LogP) is -0.712. The van der Waals surface area contributed by atoms with Gasteiger partial charge < -0.3 is 14.6 Å². The molecular formula is C7H16O6S. The summed E-state index contributed by atoms with van der Waals surface area (Å²) in [6.45, 7) is 2.10. The molecule has 0 fully saturated rings. The van der Waals surface area contributed by atoms with Gasteiger partial charge in [0.1, 0.15) is 5.75 Å². The fourth-order valence-electron chi connectivity index (χ4n) is 0.848. The van der Waals surface area contributed by atoms with E-state index in [1.54, 1.807) is 6.92 Å². The Morgan fingerprint density at radius 1 is 1.43 bits per heavy atom. The Kier molecular flexibility index (Phi) is 7.02. The quantitative estimate of drug-likeness (QED) is 0.533. The van der Waals surface area contributed by atoms with Crippen molar-refractivity contribution < 1.29 is 27.6 Å². The second kappa shape index (κ2) is 7.13. The van der Waals surface area contributed by atoms with Gasteiger partial charge >= 0.3 is 0 Å². The third kappa shape index (κ3) is 8.39. The Balaban J connectivity index is 3.96. The molecule has 86 valence electrons. The van der Waals surface area contributed by atoms with Crippen LogP contribution in [0.15, 0.2) is 0 Å². The van der Waals surface area contributed by atoms with E-state index >= 15 is 0 Å². The fourth-order valence-corrected chi connectivity index (χ4v) is 1.51. The van der Waals surface area contributed by atoms with Crippen molar-refractivity contribution in [3.05, 3.63) is 0 Å². The van der Waals surface area contributed by atoms with E-state index in [4.69, 9.17) is 19.1 Å². The number of hydrogen-bond acceptors (Lipinski definition) is 5. The van der Waals surface area contributed by atoms with Crippen LogP contribution in [0.25, 0.3) is 0 Å². The van der Waals surface area contributed by atoms with Crippen molar-refractivity contribution in [3.8, 4) is 0 Å². The maximum absolute atomic E-state index is 10.5. The molecule has 0 rings (SSSR count). The van der Waals surface area contributed by atoms with Crippen LogP contribution in [0.1, 0.15) is 6.92 Å². The van der Waals surface area contributed by atoms with Crippen LogP contribution < -0.4 is 0 Å². The molecule has 7 heteroatoms. The SMILES string of the molecule is CCOCC(CS(=O)(=O)O)OCCO. The van der Waals surface area contributed by atoms with Gasteiger partial charge in [0, 0.05) is 6.61 Å². The number of aliphatic hydroxyl groups excluding tert-OH is 1. The zero-order valence-electron chi connectivity index (χ0n) is 8.05. The fraction of sp³-hybridized carbons (Fsp3) is 1.00. The minimum absolute atomic E-state index is 0.0211. The molecule has 0 spiro atoms. The average Bonchev–Trinajstić information content (AvgIpc) is 2.07. The maximum atomic E-state index is 10.5. The van der Waals surface area contributed by atoms with Gasteiger partial charge in [-0.1, -0.05) is 0 Å². The number of aliphatic hydroxyl groups is 1. The van der Waals surface area contributed by atoms with E-state index in [1.165, 1.54) is 0 Å². The van der Waals surface area contributed by atoms with Gasteiger partial charge in [0.25, 0.3) is 10.1 Å². The van der Waals surface area contributed by atoms with Crippen LogP contribution in [0.4, 0.5) is 0 Å². The molecular weight excluding hydrogens is 212 g/mol. The Labute approximate surface area is 83.6 Å². The lowest BCUT2D eigenvalue weighted by Crippen LogP contribution is -2.29. The van der Waals surface area contributed by atoms with E-state index in [-0.39, 0.29) is 19.8 Å². The van der Waals surface area contributed by atoms with E-state index < -0.39 is 22.0 Å². The average molecular weight is 228 g/mol. The third-order valence-electron chi connectivity index (χ3n) is 1.35. The summed E-state index contributed by atoms with van der Waals surface area (Å²) in [6.07, 6.45) is -0.739. The van der Waals surface area contributed by atoms with Crippen LogP contribution in [0.3, 0.4) is 0 Å². The minimum atomic E-state index is -4.07. The first kappa shape index (κ1) is 13.8. The second-order valence-corrected chi connectivity index (χ2v) is 4.12. The molecule has 0 amide bonds. The van der Waals surface area contributed by atoms with Crippen LogP contribution >= 0.6 is 0 Å². The first-order valence-corrected chi connectivity index (χ1v) is 5.86. The lowest BCUT2D eigenvalue weighted by Gasteiger charge is -2.15. The van der Waals surface area contributed by atoms with E-state index in [0.717, 1.165) is 0 Å². The molecule has 2 N–H and O–H groups in total. The first-order chi connectivity index (χ1) is 6.49. The smallest absolute Gasteiger partial charge is 0.267 e. The van der Waals surface area contributed by atoms with Crippen molar-refractivity contribution in [2.45, 2.75) is 13.0 Å². The highest BCUT2D eigenvalue weighted by molar-refractivity contribution is 7.85.